The first-order chi connectivity index (χ1) is 7.11. The Kier molecular flexibility index (Phi) is 3.71. The van der Waals surface area contributed by atoms with Crippen molar-refractivity contribution in [1.82, 2.24) is 0 Å². The average molecular weight is 279 g/mol. The fourth-order valence-electron chi connectivity index (χ4n) is 2.28. The molecule has 2 heterocycles. The second-order valence-corrected chi connectivity index (χ2v) is 5.40. The molecule has 2 fully saturated rings. The van der Waals surface area contributed by atoms with E-state index in [0.29, 0.717) is 12.7 Å². The summed E-state index contributed by atoms with van der Waals surface area (Å²) in [6.45, 7) is 4.60. The second-order valence-electron chi connectivity index (χ2n) is 4.75. The Morgan fingerprint density at radius 3 is 2.67 bits per heavy atom. The maximum Gasteiger partial charge on any atom is 0.163 e. The van der Waals surface area contributed by atoms with Gasteiger partial charge in [0.2, 0.25) is 0 Å². The number of hydrogen-bond donors (Lipinski definition) is 0. The molecule has 0 aliphatic carbocycles. The quantitative estimate of drug-likeness (QED) is 0.690. The third-order valence-electron chi connectivity index (χ3n) is 2.97. The number of rotatable bonds is 1. The minimum atomic E-state index is -0.438. The van der Waals surface area contributed by atoms with Crippen LogP contribution in [0.5, 0.6) is 0 Å². The fraction of sp³-hybridized carbons (Fsp3) is 1.00. The van der Waals surface area contributed by atoms with Crippen molar-refractivity contribution in [2.75, 3.05) is 11.9 Å². The predicted molar refractivity (Wildman–Crippen MR) is 61.2 cm³/mol. The van der Waals surface area contributed by atoms with Crippen LogP contribution in [0.4, 0.5) is 0 Å². The lowest BCUT2D eigenvalue weighted by Gasteiger charge is -2.24. The third kappa shape index (κ3) is 2.93. The third-order valence-corrected chi connectivity index (χ3v) is 3.69. The Labute approximate surface area is 99.6 Å². The second kappa shape index (κ2) is 4.70. The standard InChI is InChI=1S/C11H19BrO3/c1-11(2)14-9-5-3-4-8(6-12)13-7-10(9)15-11/h8-10H,3-7H2,1-2H3/t8?,9-,10+/m1/s1. The summed E-state index contributed by atoms with van der Waals surface area (Å²) in [5, 5.41) is 0.911. The lowest BCUT2D eigenvalue weighted by Crippen LogP contribution is -2.33. The summed E-state index contributed by atoms with van der Waals surface area (Å²) in [4.78, 5) is 0. The van der Waals surface area contributed by atoms with Crippen molar-refractivity contribution in [1.29, 1.82) is 0 Å². The van der Waals surface area contributed by atoms with Crippen molar-refractivity contribution in [2.45, 2.75) is 57.2 Å². The molecule has 15 heavy (non-hydrogen) atoms. The maximum absolute atomic E-state index is 5.84. The molecular weight excluding hydrogens is 260 g/mol. The lowest BCUT2D eigenvalue weighted by atomic mass is 10.0. The van der Waals surface area contributed by atoms with Crippen molar-refractivity contribution in [3.05, 3.63) is 0 Å². The van der Waals surface area contributed by atoms with Crippen LogP contribution in [-0.2, 0) is 14.2 Å². The van der Waals surface area contributed by atoms with Crippen LogP contribution in [-0.4, -0.2) is 36.0 Å². The number of hydrogen-bond acceptors (Lipinski definition) is 3. The van der Waals surface area contributed by atoms with Crippen LogP contribution in [0.25, 0.3) is 0 Å². The highest BCUT2D eigenvalue weighted by Crippen LogP contribution is 2.32. The van der Waals surface area contributed by atoms with E-state index >= 15 is 0 Å². The molecule has 0 saturated carbocycles. The summed E-state index contributed by atoms with van der Waals surface area (Å²) >= 11 is 3.47. The van der Waals surface area contributed by atoms with Crippen LogP contribution < -0.4 is 0 Å². The molecule has 0 bridgehead atoms. The Morgan fingerprint density at radius 1 is 1.20 bits per heavy atom. The molecule has 2 rings (SSSR count). The molecule has 1 unspecified atom stereocenters. The SMILES string of the molecule is CC1(C)O[C@H]2COC(CBr)CCC[C@H]2O1. The van der Waals surface area contributed by atoms with E-state index in [0.717, 1.165) is 24.6 Å². The molecule has 0 spiro atoms. The largest absolute Gasteiger partial charge is 0.375 e. The van der Waals surface area contributed by atoms with Gasteiger partial charge in [0, 0.05) is 5.33 Å². The number of halogens is 1. The molecule has 0 N–H and O–H groups in total. The zero-order valence-electron chi connectivity index (χ0n) is 9.37. The highest BCUT2D eigenvalue weighted by Gasteiger charge is 2.41. The highest BCUT2D eigenvalue weighted by molar-refractivity contribution is 9.09. The van der Waals surface area contributed by atoms with E-state index in [1.165, 1.54) is 0 Å². The van der Waals surface area contributed by atoms with Gasteiger partial charge in [0.05, 0.1) is 18.8 Å². The van der Waals surface area contributed by atoms with Gasteiger partial charge < -0.3 is 14.2 Å². The van der Waals surface area contributed by atoms with E-state index < -0.39 is 5.79 Å². The van der Waals surface area contributed by atoms with Gasteiger partial charge in [-0.2, -0.15) is 0 Å². The molecule has 0 radical (unpaired) electrons. The van der Waals surface area contributed by atoms with Gasteiger partial charge in [-0.1, -0.05) is 15.9 Å². The predicted octanol–water partition coefficient (Wildman–Crippen LogP) is 2.47. The van der Waals surface area contributed by atoms with Crippen molar-refractivity contribution in [3.8, 4) is 0 Å². The van der Waals surface area contributed by atoms with Crippen LogP contribution in [0.3, 0.4) is 0 Å². The normalized spacial score (nSPS) is 40.6. The van der Waals surface area contributed by atoms with Crippen LogP contribution >= 0.6 is 15.9 Å². The average Bonchev–Trinajstić information content (AvgIpc) is 2.42. The summed E-state index contributed by atoms with van der Waals surface area (Å²) in [5.74, 6) is -0.438. The van der Waals surface area contributed by atoms with Gasteiger partial charge in [-0.05, 0) is 33.1 Å². The zero-order chi connectivity index (χ0) is 10.9. The maximum atomic E-state index is 5.84. The van der Waals surface area contributed by atoms with Crippen molar-refractivity contribution in [3.63, 3.8) is 0 Å². The summed E-state index contributed by atoms with van der Waals surface area (Å²) in [6.07, 6.45) is 4.01. The molecule has 2 aliphatic heterocycles. The molecule has 0 amide bonds. The Hall–Kier alpha value is 0.360. The fourth-order valence-corrected chi connectivity index (χ4v) is 2.79. The molecule has 88 valence electrons. The summed E-state index contributed by atoms with van der Waals surface area (Å²) in [6, 6.07) is 0. The van der Waals surface area contributed by atoms with E-state index in [2.05, 4.69) is 15.9 Å². The van der Waals surface area contributed by atoms with E-state index in [9.17, 15) is 0 Å². The smallest absolute Gasteiger partial charge is 0.163 e. The monoisotopic (exact) mass is 278 g/mol. The lowest BCUT2D eigenvalue weighted by molar-refractivity contribution is -0.151. The first-order valence-corrected chi connectivity index (χ1v) is 6.76. The summed E-state index contributed by atoms with van der Waals surface area (Å²) in [7, 11) is 0. The van der Waals surface area contributed by atoms with Crippen molar-refractivity contribution < 1.29 is 14.2 Å². The van der Waals surface area contributed by atoms with Gasteiger partial charge in [0.15, 0.2) is 5.79 Å². The first kappa shape index (κ1) is 11.8. The summed E-state index contributed by atoms with van der Waals surface area (Å²) in [5.41, 5.74) is 0. The van der Waals surface area contributed by atoms with Crippen LogP contribution in [0.1, 0.15) is 33.1 Å². The van der Waals surface area contributed by atoms with E-state index in [-0.39, 0.29) is 12.2 Å². The minimum Gasteiger partial charge on any atom is -0.375 e. The molecule has 0 aromatic rings. The number of ether oxygens (including phenoxy) is 3. The Bertz CT molecular complexity index is 220. The van der Waals surface area contributed by atoms with E-state index in [1.807, 2.05) is 13.8 Å². The van der Waals surface area contributed by atoms with E-state index in [4.69, 9.17) is 14.2 Å². The minimum absolute atomic E-state index is 0.113. The van der Waals surface area contributed by atoms with Gasteiger partial charge >= 0.3 is 0 Å². The molecule has 2 aliphatic rings. The summed E-state index contributed by atoms with van der Waals surface area (Å²) < 4.78 is 17.4. The van der Waals surface area contributed by atoms with Gasteiger partial charge in [-0.3, -0.25) is 0 Å². The van der Waals surface area contributed by atoms with Crippen LogP contribution in [0.15, 0.2) is 0 Å². The number of alkyl halides is 1. The highest BCUT2D eigenvalue weighted by atomic mass is 79.9. The number of fused-ring (bicyclic) bond motifs is 1. The molecular formula is C11H19BrO3. The van der Waals surface area contributed by atoms with Gasteiger partial charge in [-0.15, -0.1) is 0 Å². The molecule has 3 atom stereocenters. The molecule has 0 aromatic carbocycles. The molecule has 2 saturated heterocycles. The Balaban J connectivity index is 1.95. The topological polar surface area (TPSA) is 27.7 Å². The molecule has 3 nitrogen and oxygen atoms in total. The van der Waals surface area contributed by atoms with Crippen LogP contribution in [0, 0.1) is 0 Å². The van der Waals surface area contributed by atoms with Crippen molar-refractivity contribution in [2.24, 2.45) is 0 Å². The van der Waals surface area contributed by atoms with Gasteiger partial charge in [0.25, 0.3) is 0 Å². The van der Waals surface area contributed by atoms with Gasteiger partial charge in [-0.25, -0.2) is 0 Å². The first-order valence-electron chi connectivity index (χ1n) is 5.64. The molecule has 4 heteroatoms. The van der Waals surface area contributed by atoms with Gasteiger partial charge in [0.1, 0.15) is 6.10 Å². The van der Waals surface area contributed by atoms with E-state index in [1.54, 1.807) is 0 Å². The molecule has 0 aromatic heterocycles. The zero-order valence-corrected chi connectivity index (χ0v) is 11.0. The van der Waals surface area contributed by atoms with Crippen LogP contribution in [0.2, 0.25) is 0 Å². The Morgan fingerprint density at radius 2 is 1.93 bits per heavy atom. The van der Waals surface area contributed by atoms with Crippen molar-refractivity contribution >= 4 is 15.9 Å².